The number of morpholine rings is 1. The van der Waals surface area contributed by atoms with Crippen molar-refractivity contribution in [2.75, 3.05) is 42.2 Å². The Morgan fingerprint density at radius 2 is 2.00 bits per heavy atom. The summed E-state index contributed by atoms with van der Waals surface area (Å²) in [6.07, 6.45) is 3.85. The van der Waals surface area contributed by atoms with E-state index in [9.17, 15) is 22.0 Å². The molecule has 8 nitrogen and oxygen atoms in total. The lowest BCUT2D eigenvalue weighted by Gasteiger charge is -2.29. The Morgan fingerprint density at radius 3 is 2.66 bits per heavy atom. The Balaban J connectivity index is 1.65. The van der Waals surface area contributed by atoms with Gasteiger partial charge in [0.2, 0.25) is 15.9 Å². The van der Waals surface area contributed by atoms with Gasteiger partial charge in [-0.15, -0.1) is 0 Å². The number of pyridine rings is 1. The van der Waals surface area contributed by atoms with Gasteiger partial charge in [0.15, 0.2) is 0 Å². The molecule has 1 aliphatic rings. The highest BCUT2D eigenvalue weighted by Crippen LogP contribution is 2.22. The molecule has 11 heteroatoms. The third kappa shape index (κ3) is 6.72. The van der Waals surface area contributed by atoms with E-state index in [-0.39, 0.29) is 12.2 Å². The van der Waals surface area contributed by atoms with E-state index in [2.05, 4.69) is 15.0 Å². The van der Waals surface area contributed by atoms with Crippen molar-refractivity contribution >= 4 is 33.5 Å². The summed E-state index contributed by atoms with van der Waals surface area (Å²) in [6.45, 7) is 1.68. The molecule has 0 saturated carbocycles. The van der Waals surface area contributed by atoms with E-state index >= 15 is 0 Å². The van der Waals surface area contributed by atoms with Crippen molar-refractivity contribution in [3.8, 4) is 0 Å². The molecule has 1 saturated heterocycles. The fraction of sp³-hybridized carbons (Fsp3) is 0.333. The van der Waals surface area contributed by atoms with Gasteiger partial charge in [-0.05, 0) is 35.9 Å². The summed E-state index contributed by atoms with van der Waals surface area (Å²) in [5.74, 6) is -0.568. The summed E-state index contributed by atoms with van der Waals surface area (Å²) < 4.78 is 57.0. The number of halogens is 2. The van der Waals surface area contributed by atoms with E-state index in [4.69, 9.17) is 4.74 Å². The van der Waals surface area contributed by atoms with Gasteiger partial charge in [-0.25, -0.2) is 22.2 Å². The van der Waals surface area contributed by atoms with Crippen LogP contribution in [0.25, 0.3) is 6.08 Å². The number of carbonyl (C=O) groups is 1. The number of nitrogens with one attached hydrogen (secondary N) is 2. The van der Waals surface area contributed by atoms with Gasteiger partial charge in [0.05, 0.1) is 30.9 Å². The number of alkyl halides is 1. The topological polar surface area (TPSA) is 101 Å². The average Bonchev–Trinajstić information content (AvgIpc) is 2.77. The minimum absolute atomic E-state index is 0.0502. The zero-order valence-corrected chi connectivity index (χ0v) is 18.3. The number of sulfonamides is 1. The Hall–Kier alpha value is -3.05. The molecule has 2 heterocycles. The van der Waals surface area contributed by atoms with Crippen LogP contribution in [0.5, 0.6) is 0 Å². The molecule has 1 aliphatic heterocycles. The van der Waals surface area contributed by atoms with Crippen molar-refractivity contribution in [2.24, 2.45) is 0 Å². The first kappa shape index (κ1) is 23.6. The summed E-state index contributed by atoms with van der Waals surface area (Å²) in [5.41, 5.74) is 1.28. The molecule has 1 aromatic carbocycles. The molecule has 1 fully saturated rings. The molecule has 1 amide bonds. The lowest BCUT2D eigenvalue weighted by Crippen LogP contribution is -2.37. The number of anilines is 2. The van der Waals surface area contributed by atoms with E-state index in [0.717, 1.165) is 12.3 Å². The van der Waals surface area contributed by atoms with Crippen LogP contribution in [0.3, 0.4) is 0 Å². The van der Waals surface area contributed by atoms with E-state index in [1.807, 2.05) is 4.90 Å². The van der Waals surface area contributed by atoms with Crippen LogP contribution in [-0.2, 0) is 32.8 Å². The molecule has 1 aromatic heterocycles. The number of nitrogens with zero attached hydrogens (tertiary/aromatic N) is 2. The quantitative estimate of drug-likeness (QED) is 0.579. The number of carbonyl (C=O) groups excluding carboxylic acids is 1. The first-order valence-electron chi connectivity index (χ1n) is 9.86. The second-order valence-electron chi connectivity index (χ2n) is 7.19. The molecule has 0 aliphatic carbocycles. The minimum atomic E-state index is -3.59. The molecule has 2 aromatic rings. The lowest BCUT2D eigenvalue weighted by atomic mass is 10.2. The van der Waals surface area contributed by atoms with Gasteiger partial charge < -0.3 is 15.0 Å². The number of aromatic nitrogens is 1. The number of hydrogen-bond donors (Lipinski definition) is 2. The molecular weight excluding hydrogens is 442 g/mol. The van der Waals surface area contributed by atoms with Gasteiger partial charge in [0.25, 0.3) is 0 Å². The maximum absolute atomic E-state index is 14.1. The highest BCUT2D eigenvalue weighted by Gasteiger charge is 2.16. The van der Waals surface area contributed by atoms with Crippen molar-refractivity contribution < 1.29 is 26.7 Å². The molecule has 0 radical (unpaired) electrons. The van der Waals surface area contributed by atoms with Crippen LogP contribution >= 0.6 is 0 Å². The molecule has 0 bridgehead atoms. The van der Waals surface area contributed by atoms with Crippen LogP contribution in [0.4, 0.5) is 20.3 Å². The number of benzene rings is 1. The largest absolute Gasteiger partial charge is 0.378 e. The maximum Gasteiger partial charge on any atom is 0.244 e. The van der Waals surface area contributed by atoms with Crippen LogP contribution in [0.2, 0.25) is 0 Å². The SMILES string of the molecule is CS(=O)(=O)Nc1ccc(CNC(=O)/C=C/c2ccc(CF)nc2N2CCOCC2)cc1F. The van der Waals surface area contributed by atoms with Gasteiger partial charge in [-0.2, -0.15) is 0 Å². The summed E-state index contributed by atoms with van der Waals surface area (Å²) in [7, 11) is -3.59. The predicted molar refractivity (Wildman–Crippen MR) is 118 cm³/mol. The fourth-order valence-electron chi connectivity index (χ4n) is 3.10. The third-order valence-electron chi connectivity index (χ3n) is 4.62. The average molecular weight is 467 g/mol. The smallest absolute Gasteiger partial charge is 0.244 e. The maximum atomic E-state index is 14.1. The second-order valence-corrected chi connectivity index (χ2v) is 8.94. The van der Waals surface area contributed by atoms with Crippen LogP contribution in [-0.4, -0.2) is 51.9 Å². The van der Waals surface area contributed by atoms with Gasteiger partial charge in [0, 0.05) is 31.3 Å². The van der Waals surface area contributed by atoms with Crippen molar-refractivity contribution in [3.63, 3.8) is 0 Å². The Morgan fingerprint density at radius 1 is 1.25 bits per heavy atom. The van der Waals surface area contributed by atoms with Crippen molar-refractivity contribution in [1.29, 1.82) is 0 Å². The zero-order valence-electron chi connectivity index (χ0n) is 17.5. The van der Waals surface area contributed by atoms with E-state index < -0.39 is 28.4 Å². The molecule has 0 unspecified atom stereocenters. The van der Waals surface area contributed by atoms with Gasteiger partial charge in [-0.1, -0.05) is 6.07 Å². The summed E-state index contributed by atoms with van der Waals surface area (Å²) in [5, 5.41) is 2.64. The normalized spacial score (nSPS) is 14.5. The second kappa shape index (κ2) is 10.5. The third-order valence-corrected chi connectivity index (χ3v) is 5.21. The predicted octanol–water partition coefficient (Wildman–Crippen LogP) is 2.23. The zero-order chi connectivity index (χ0) is 23.1. The molecule has 3 rings (SSSR count). The van der Waals surface area contributed by atoms with Crippen LogP contribution in [0.15, 0.2) is 36.4 Å². The monoisotopic (exact) mass is 466 g/mol. The number of ether oxygens (including phenoxy) is 1. The summed E-state index contributed by atoms with van der Waals surface area (Å²) in [4.78, 5) is 18.6. The number of amides is 1. The Labute approximate surface area is 185 Å². The van der Waals surface area contributed by atoms with Gasteiger partial charge in [-0.3, -0.25) is 9.52 Å². The highest BCUT2D eigenvalue weighted by atomic mass is 32.2. The van der Waals surface area contributed by atoms with Crippen LogP contribution in [0, 0.1) is 5.82 Å². The number of hydrogen-bond acceptors (Lipinski definition) is 6. The summed E-state index contributed by atoms with van der Waals surface area (Å²) >= 11 is 0. The van der Waals surface area contributed by atoms with Gasteiger partial charge >= 0.3 is 0 Å². The molecular formula is C21H24F2N4O4S. The first-order chi connectivity index (χ1) is 15.2. The fourth-order valence-corrected chi connectivity index (χ4v) is 3.66. The van der Waals surface area contributed by atoms with Crippen LogP contribution in [0.1, 0.15) is 16.8 Å². The summed E-state index contributed by atoms with van der Waals surface area (Å²) in [6, 6.07) is 7.22. The first-order valence-corrected chi connectivity index (χ1v) is 11.7. The van der Waals surface area contributed by atoms with Gasteiger partial charge in [0.1, 0.15) is 18.3 Å². The molecule has 2 N–H and O–H groups in total. The molecule has 32 heavy (non-hydrogen) atoms. The minimum Gasteiger partial charge on any atom is -0.378 e. The molecule has 172 valence electrons. The van der Waals surface area contributed by atoms with E-state index in [1.54, 1.807) is 18.2 Å². The van der Waals surface area contributed by atoms with Crippen LogP contribution < -0.4 is 14.9 Å². The lowest BCUT2D eigenvalue weighted by molar-refractivity contribution is -0.116. The standard InChI is InChI=1S/C21H24F2N4O4S/c1-32(29,30)26-19-6-2-15(12-18(19)23)14-24-20(28)7-4-16-3-5-17(13-22)25-21(16)27-8-10-31-11-9-27/h2-7,12,26H,8-11,13-14H2,1H3,(H,24,28)/b7-4+. The molecule has 0 spiro atoms. The van der Waals surface area contributed by atoms with E-state index in [0.29, 0.717) is 48.9 Å². The Bertz CT molecular complexity index is 1100. The number of rotatable bonds is 8. The van der Waals surface area contributed by atoms with E-state index in [1.165, 1.54) is 18.2 Å². The van der Waals surface area contributed by atoms with Crippen molar-refractivity contribution in [2.45, 2.75) is 13.2 Å². The van der Waals surface area contributed by atoms with Crippen molar-refractivity contribution in [3.05, 3.63) is 59.0 Å². The highest BCUT2D eigenvalue weighted by molar-refractivity contribution is 7.92. The molecule has 0 atom stereocenters. The van der Waals surface area contributed by atoms with Crippen molar-refractivity contribution in [1.82, 2.24) is 10.3 Å². The Kier molecular flexibility index (Phi) is 7.75.